The van der Waals surface area contributed by atoms with Gasteiger partial charge in [-0.05, 0) is 43.2 Å². The van der Waals surface area contributed by atoms with Crippen LogP contribution >= 0.6 is 11.8 Å². The van der Waals surface area contributed by atoms with Crippen LogP contribution in [0.2, 0.25) is 0 Å². The number of thioether (sulfide) groups is 1. The SMILES string of the molecule is Cc1ccc(C)c(OCC(O)CNC2CCSC2)c1. The molecule has 1 aliphatic rings. The van der Waals surface area contributed by atoms with E-state index in [1.165, 1.54) is 17.7 Å². The number of aryl methyl sites for hydroxylation is 2. The Hall–Kier alpha value is -0.710. The monoisotopic (exact) mass is 281 g/mol. The quantitative estimate of drug-likeness (QED) is 0.838. The molecule has 1 aromatic carbocycles. The zero-order chi connectivity index (χ0) is 13.7. The van der Waals surface area contributed by atoms with Crippen molar-refractivity contribution in [3.05, 3.63) is 29.3 Å². The standard InChI is InChI=1S/C15H23NO2S/c1-11-3-4-12(2)15(7-11)18-9-14(17)8-16-13-5-6-19-10-13/h3-4,7,13-14,16-17H,5-6,8-10H2,1-2H3. The summed E-state index contributed by atoms with van der Waals surface area (Å²) < 4.78 is 5.70. The van der Waals surface area contributed by atoms with Crippen molar-refractivity contribution in [2.45, 2.75) is 32.4 Å². The van der Waals surface area contributed by atoms with E-state index in [0.29, 0.717) is 19.2 Å². The molecule has 4 heteroatoms. The second kappa shape index (κ2) is 7.17. The molecule has 2 unspecified atom stereocenters. The van der Waals surface area contributed by atoms with E-state index in [1.54, 1.807) is 0 Å². The fourth-order valence-corrected chi connectivity index (χ4v) is 3.29. The number of ether oxygens (including phenoxy) is 1. The number of rotatable bonds is 6. The van der Waals surface area contributed by atoms with Crippen molar-refractivity contribution < 1.29 is 9.84 Å². The van der Waals surface area contributed by atoms with Crippen LogP contribution in [-0.4, -0.2) is 41.9 Å². The fourth-order valence-electron chi connectivity index (χ4n) is 2.11. The van der Waals surface area contributed by atoms with Gasteiger partial charge in [-0.25, -0.2) is 0 Å². The van der Waals surface area contributed by atoms with Crippen molar-refractivity contribution in [3.8, 4) is 5.75 Å². The molecular formula is C15H23NO2S. The topological polar surface area (TPSA) is 41.5 Å². The van der Waals surface area contributed by atoms with E-state index in [2.05, 4.69) is 11.4 Å². The third kappa shape index (κ3) is 4.71. The van der Waals surface area contributed by atoms with E-state index in [1.807, 2.05) is 37.7 Å². The Kier molecular flexibility index (Phi) is 5.55. The Morgan fingerprint density at radius 3 is 3.05 bits per heavy atom. The molecule has 1 fully saturated rings. The number of benzene rings is 1. The van der Waals surface area contributed by atoms with Gasteiger partial charge in [-0.3, -0.25) is 0 Å². The largest absolute Gasteiger partial charge is 0.491 e. The Balaban J connectivity index is 1.73. The minimum absolute atomic E-state index is 0.344. The van der Waals surface area contributed by atoms with Crippen LogP contribution in [0.1, 0.15) is 17.5 Å². The molecule has 1 aliphatic heterocycles. The van der Waals surface area contributed by atoms with Crippen LogP contribution in [0, 0.1) is 13.8 Å². The molecule has 0 saturated carbocycles. The molecular weight excluding hydrogens is 258 g/mol. The molecule has 0 aromatic heterocycles. The first kappa shape index (κ1) is 14.7. The summed E-state index contributed by atoms with van der Waals surface area (Å²) in [5, 5.41) is 13.3. The smallest absolute Gasteiger partial charge is 0.122 e. The first-order valence-corrected chi connectivity index (χ1v) is 8.00. The van der Waals surface area contributed by atoms with Crippen LogP contribution < -0.4 is 10.1 Å². The number of hydrogen-bond acceptors (Lipinski definition) is 4. The maximum absolute atomic E-state index is 9.94. The lowest BCUT2D eigenvalue weighted by Crippen LogP contribution is -2.38. The van der Waals surface area contributed by atoms with Crippen LogP contribution in [0.25, 0.3) is 0 Å². The minimum Gasteiger partial charge on any atom is -0.491 e. The summed E-state index contributed by atoms with van der Waals surface area (Å²) in [4.78, 5) is 0. The summed E-state index contributed by atoms with van der Waals surface area (Å²) in [5.74, 6) is 3.26. The Morgan fingerprint density at radius 1 is 1.47 bits per heavy atom. The van der Waals surface area contributed by atoms with Crippen LogP contribution in [0.3, 0.4) is 0 Å². The molecule has 1 saturated heterocycles. The molecule has 2 rings (SSSR count). The van der Waals surface area contributed by atoms with Gasteiger partial charge in [0.15, 0.2) is 0 Å². The molecule has 0 radical (unpaired) electrons. The van der Waals surface area contributed by atoms with Crippen molar-refractivity contribution >= 4 is 11.8 Å². The Labute approximate surface area is 119 Å². The zero-order valence-electron chi connectivity index (χ0n) is 11.7. The van der Waals surface area contributed by atoms with Gasteiger partial charge in [0.2, 0.25) is 0 Å². The molecule has 2 N–H and O–H groups in total. The molecule has 1 heterocycles. The van der Waals surface area contributed by atoms with Crippen LogP contribution in [0.4, 0.5) is 0 Å². The van der Waals surface area contributed by atoms with E-state index >= 15 is 0 Å². The molecule has 0 bridgehead atoms. The first-order valence-electron chi connectivity index (χ1n) is 6.84. The molecule has 0 amide bonds. The van der Waals surface area contributed by atoms with Gasteiger partial charge in [0, 0.05) is 18.3 Å². The number of aliphatic hydroxyl groups excluding tert-OH is 1. The van der Waals surface area contributed by atoms with Gasteiger partial charge in [0.05, 0.1) is 0 Å². The first-order chi connectivity index (χ1) is 9.15. The van der Waals surface area contributed by atoms with E-state index in [-0.39, 0.29) is 0 Å². The van der Waals surface area contributed by atoms with Gasteiger partial charge in [0.1, 0.15) is 18.5 Å². The predicted molar refractivity (Wildman–Crippen MR) is 81.2 cm³/mol. The van der Waals surface area contributed by atoms with Gasteiger partial charge < -0.3 is 15.2 Å². The number of nitrogens with one attached hydrogen (secondary N) is 1. The average molecular weight is 281 g/mol. The van der Waals surface area contributed by atoms with Crippen molar-refractivity contribution in [3.63, 3.8) is 0 Å². The highest BCUT2D eigenvalue weighted by molar-refractivity contribution is 7.99. The average Bonchev–Trinajstić information content (AvgIpc) is 2.90. The van der Waals surface area contributed by atoms with Crippen LogP contribution in [-0.2, 0) is 0 Å². The maximum atomic E-state index is 9.94. The second-order valence-electron chi connectivity index (χ2n) is 5.20. The van der Waals surface area contributed by atoms with Gasteiger partial charge >= 0.3 is 0 Å². The molecule has 0 aliphatic carbocycles. The molecule has 19 heavy (non-hydrogen) atoms. The highest BCUT2D eigenvalue weighted by Gasteiger charge is 2.16. The van der Waals surface area contributed by atoms with Gasteiger partial charge in [-0.15, -0.1) is 0 Å². The minimum atomic E-state index is -0.453. The molecule has 106 valence electrons. The normalized spacial score (nSPS) is 20.5. The molecule has 1 aromatic rings. The van der Waals surface area contributed by atoms with Crippen molar-refractivity contribution in [2.24, 2.45) is 0 Å². The maximum Gasteiger partial charge on any atom is 0.122 e. The van der Waals surface area contributed by atoms with Crippen molar-refractivity contribution in [1.29, 1.82) is 0 Å². The highest BCUT2D eigenvalue weighted by atomic mass is 32.2. The third-order valence-corrected chi connectivity index (χ3v) is 4.51. The third-order valence-electron chi connectivity index (χ3n) is 3.35. The summed E-state index contributed by atoms with van der Waals surface area (Å²) in [7, 11) is 0. The Morgan fingerprint density at radius 2 is 2.32 bits per heavy atom. The van der Waals surface area contributed by atoms with Gasteiger partial charge in [-0.2, -0.15) is 11.8 Å². The zero-order valence-corrected chi connectivity index (χ0v) is 12.5. The number of hydrogen-bond donors (Lipinski definition) is 2. The number of aliphatic hydroxyl groups is 1. The Bertz CT molecular complexity index is 405. The predicted octanol–water partition coefficient (Wildman–Crippen LogP) is 2.14. The molecule has 3 nitrogen and oxygen atoms in total. The van der Waals surface area contributed by atoms with Gasteiger partial charge in [-0.1, -0.05) is 12.1 Å². The second-order valence-corrected chi connectivity index (χ2v) is 6.35. The van der Waals surface area contributed by atoms with E-state index in [0.717, 1.165) is 17.1 Å². The van der Waals surface area contributed by atoms with E-state index in [4.69, 9.17) is 4.74 Å². The van der Waals surface area contributed by atoms with Gasteiger partial charge in [0.25, 0.3) is 0 Å². The summed E-state index contributed by atoms with van der Waals surface area (Å²) in [6, 6.07) is 6.69. The lowest BCUT2D eigenvalue weighted by molar-refractivity contribution is 0.104. The van der Waals surface area contributed by atoms with Crippen molar-refractivity contribution in [1.82, 2.24) is 5.32 Å². The van der Waals surface area contributed by atoms with E-state index < -0.39 is 6.10 Å². The summed E-state index contributed by atoms with van der Waals surface area (Å²) in [6.45, 7) is 5.02. The van der Waals surface area contributed by atoms with Crippen LogP contribution in [0.5, 0.6) is 5.75 Å². The van der Waals surface area contributed by atoms with Crippen molar-refractivity contribution in [2.75, 3.05) is 24.7 Å². The summed E-state index contributed by atoms with van der Waals surface area (Å²) in [5.41, 5.74) is 2.29. The fraction of sp³-hybridized carbons (Fsp3) is 0.600. The summed E-state index contributed by atoms with van der Waals surface area (Å²) in [6.07, 6.45) is 0.750. The lowest BCUT2D eigenvalue weighted by Gasteiger charge is -2.17. The van der Waals surface area contributed by atoms with Crippen LogP contribution in [0.15, 0.2) is 18.2 Å². The summed E-state index contributed by atoms with van der Waals surface area (Å²) >= 11 is 1.97. The molecule has 0 spiro atoms. The van der Waals surface area contributed by atoms with E-state index in [9.17, 15) is 5.11 Å². The molecule has 2 atom stereocenters. The lowest BCUT2D eigenvalue weighted by atomic mass is 10.1. The highest BCUT2D eigenvalue weighted by Crippen LogP contribution is 2.19.